The molecular weight excluding hydrogens is 354 g/mol. The van der Waals surface area contributed by atoms with E-state index in [9.17, 15) is 9.90 Å². The van der Waals surface area contributed by atoms with Crippen LogP contribution in [0.5, 0.6) is 0 Å². The molecule has 2 fully saturated rings. The molecule has 0 bridgehead atoms. The lowest BCUT2D eigenvalue weighted by atomic mass is 9.82. The number of aliphatic hydroxyl groups excluding tert-OH is 1. The summed E-state index contributed by atoms with van der Waals surface area (Å²) in [5.74, 6) is -0.817. The van der Waals surface area contributed by atoms with Gasteiger partial charge in [0.2, 0.25) is 0 Å². The molecule has 5 nitrogen and oxygen atoms in total. The van der Waals surface area contributed by atoms with Gasteiger partial charge < -0.3 is 9.84 Å². The van der Waals surface area contributed by atoms with Crippen LogP contribution in [0.15, 0.2) is 12.2 Å². The molecule has 4 atom stereocenters. The average Bonchev–Trinajstić information content (AvgIpc) is 2.88. The van der Waals surface area contributed by atoms with Crippen LogP contribution in [0, 0.1) is 11.8 Å². The van der Waals surface area contributed by atoms with Crippen molar-refractivity contribution in [1.29, 1.82) is 0 Å². The van der Waals surface area contributed by atoms with Crippen LogP contribution in [0.2, 0.25) is 0 Å². The minimum atomic E-state index is -0.638. The van der Waals surface area contributed by atoms with Crippen LogP contribution >= 0.6 is 0 Å². The Kier molecular flexibility index (Phi) is 7.05. The lowest BCUT2D eigenvalue weighted by Gasteiger charge is -2.52. The first kappa shape index (κ1) is 23.4. The van der Waals surface area contributed by atoms with E-state index < -0.39 is 17.6 Å². The standard InChI is InChI=1S/C23H41NO4/c1-16(28-24-22(5,6)14-9-15-23(24,7)8)10-11-17-12-13-18(25)19(17)20(26)27-21(2,3)4/h10-11,16-19,25H,9,12-15H2,1-8H3/b11-10+/t16?,17-,18-,19+/m0/s1. The van der Waals surface area contributed by atoms with Crippen molar-refractivity contribution in [1.82, 2.24) is 5.06 Å². The number of ether oxygens (including phenoxy) is 1. The van der Waals surface area contributed by atoms with Gasteiger partial charge in [0.1, 0.15) is 5.60 Å². The molecule has 0 amide bonds. The first-order valence-electron chi connectivity index (χ1n) is 10.8. The topological polar surface area (TPSA) is 59.0 Å². The van der Waals surface area contributed by atoms with E-state index in [1.807, 2.05) is 39.8 Å². The van der Waals surface area contributed by atoms with Gasteiger partial charge in [0.15, 0.2) is 0 Å². The molecule has 1 saturated heterocycles. The molecule has 2 aliphatic rings. The molecule has 0 aromatic heterocycles. The Morgan fingerprint density at radius 3 is 2.25 bits per heavy atom. The second kappa shape index (κ2) is 8.45. The number of hydrogen-bond acceptors (Lipinski definition) is 5. The smallest absolute Gasteiger partial charge is 0.312 e. The van der Waals surface area contributed by atoms with E-state index in [0.29, 0.717) is 6.42 Å². The van der Waals surface area contributed by atoms with Gasteiger partial charge in [-0.25, -0.2) is 0 Å². The van der Waals surface area contributed by atoms with Gasteiger partial charge >= 0.3 is 5.97 Å². The van der Waals surface area contributed by atoms with Crippen molar-refractivity contribution in [2.75, 3.05) is 0 Å². The summed E-state index contributed by atoms with van der Waals surface area (Å²) >= 11 is 0. The summed E-state index contributed by atoms with van der Waals surface area (Å²) in [6.45, 7) is 16.5. The summed E-state index contributed by atoms with van der Waals surface area (Å²) in [6, 6.07) is 0. The predicted molar refractivity (Wildman–Crippen MR) is 112 cm³/mol. The van der Waals surface area contributed by atoms with Crippen LogP contribution in [0.3, 0.4) is 0 Å². The van der Waals surface area contributed by atoms with E-state index in [1.165, 1.54) is 6.42 Å². The van der Waals surface area contributed by atoms with E-state index in [2.05, 4.69) is 32.8 Å². The monoisotopic (exact) mass is 395 g/mol. The molecule has 0 aromatic carbocycles. The number of hydrogen-bond donors (Lipinski definition) is 1. The number of hydroxylamine groups is 2. The third-order valence-electron chi connectivity index (χ3n) is 5.93. The van der Waals surface area contributed by atoms with Crippen LogP contribution in [0.25, 0.3) is 0 Å². The summed E-state index contributed by atoms with van der Waals surface area (Å²) in [5.41, 5.74) is -0.561. The SMILES string of the molecule is CC(/C=C/[C@H]1CC[C@H](O)[C@@H]1C(=O)OC(C)(C)C)ON1C(C)(C)CCCC1(C)C. The number of carbonyl (C=O) groups is 1. The Bertz CT molecular complexity index is 560. The molecule has 1 unspecified atom stereocenters. The summed E-state index contributed by atoms with van der Waals surface area (Å²) < 4.78 is 5.53. The van der Waals surface area contributed by atoms with Crippen molar-refractivity contribution in [3.05, 3.63) is 12.2 Å². The Labute approximate surface area is 171 Å². The number of carbonyl (C=O) groups excluding carboxylic acids is 1. The van der Waals surface area contributed by atoms with Gasteiger partial charge in [-0.1, -0.05) is 12.2 Å². The van der Waals surface area contributed by atoms with Crippen LogP contribution in [0.1, 0.15) is 87.5 Å². The van der Waals surface area contributed by atoms with E-state index >= 15 is 0 Å². The number of aliphatic hydroxyl groups is 1. The number of allylic oxidation sites excluding steroid dienone is 1. The van der Waals surface area contributed by atoms with Crippen LogP contribution in [0.4, 0.5) is 0 Å². The molecule has 1 aliphatic heterocycles. The van der Waals surface area contributed by atoms with Gasteiger partial charge in [-0.15, -0.1) is 0 Å². The molecule has 162 valence electrons. The third kappa shape index (κ3) is 5.80. The van der Waals surface area contributed by atoms with Crippen LogP contribution in [-0.4, -0.2) is 45.0 Å². The summed E-state index contributed by atoms with van der Waals surface area (Å²) in [6.07, 6.45) is 8.18. The minimum absolute atomic E-state index is 0.00749. The first-order chi connectivity index (χ1) is 12.7. The zero-order valence-electron chi connectivity index (χ0n) is 19.1. The first-order valence-corrected chi connectivity index (χ1v) is 10.8. The number of nitrogens with zero attached hydrogens (tertiary/aromatic N) is 1. The highest BCUT2D eigenvalue weighted by molar-refractivity contribution is 5.74. The van der Waals surface area contributed by atoms with Gasteiger partial charge in [-0.3, -0.25) is 9.63 Å². The molecule has 1 N–H and O–H groups in total. The molecule has 0 radical (unpaired) electrons. The van der Waals surface area contributed by atoms with Gasteiger partial charge in [0, 0.05) is 11.1 Å². The van der Waals surface area contributed by atoms with Crippen molar-refractivity contribution in [3.63, 3.8) is 0 Å². The van der Waals surface area contributed by atoms with Crippen LogP contribution in [-0.2, 0) is 14.4 Å². The third-order valence-corrected chi connectivity index (χ3v) is 5.93. The van der Waals surface area contributed by atoms with Crippen molar-refractivity contribution < 1.29 is 19.5 Å². The fourth-order valence-corrected chi connectivity index (χ4v) is 4.69. The van der Waals surface area contributed by atoms with Gasteiger partial charge in [-0.05, 0) is 93.4 Å². The van der Waals surface area contributed by atoms with E-state index in [4.69, 9.17) is 9.57 Å². The molecule has 0 spiro atoms. The maximum absolute atomic E-state index is 12.6. The predicted octanol–water partition coefficient (Wildman–Crippen LogP) is 4.63. The quantitative estimate of drug-likeness (QED) is 0.543. The Hall–Kier alpha value is -0.910. The molecule has 1 aliphatic carbocycles. The lowest BCUT2D eigenvalue weighted by Crippen LogP contribution is -2.58. The second-order valence-corrected chi connectivity index (χ2v) is 10.8. The van der Waals surface area contributed by atoms with Crippen molar-refractivity contribution >= 4 is 5.97 Å². The molecule has 0 aromatic rings. The summed E-state index contributed by atoms with van der Waals surface area (Å²) in [5, 5.41) is 12.5. The Morgan fingerprint density at radius 1 is 1.14 bits per heavy atom. The number of piperidine rings is 1. The Balaban J connectivity index is 2.04. The fourth-order valence-electron chi connectivity index (χ4n) is 4.69. The maximum Gasteiger partial charge on any atom is 0.312 e. The zero-order valence-corrected chi connectivity index (χ0v) is 19.1. The molecule has 1 heterocycles. The fraction of sp³-hybridized carbons (Fsp3) is 0.870. The maximum atomic E-state index is 12.6. The van der Waals surface area contributed by atoms with Crippen LogP contribution < -0.4 is 0 Å². The second-order valence-electron chi connectivity index (χ2n) is 10.8. The largest absolute Gasteiger partial charge is 0.460 e. The number of rotatable bonds is 5. The summed E-state index contributed by atoms with van der Waals surface area (Å²) in [7, 11) is 0. The zero-order chi connectivity index (χ0) is 21.3. The van der Waals surface area contributed by atoms with E-state index in [-0.39, 0.29) is 29.1 Å². The van der Waals surface area contributed by atoms with Crippen molar-refractivity contribution in [3.8, 4) is 0 Å². The molecule has 5 heteroatoms. The van der Waals surface area contributed by atoms with Gasteiger partial charge in [0.25, 0.3) is 0 Å². The van der Waals surface area contributed by atoms with Crippen molar-refractivity contribution in [2.24, 2.45) is 11.8 Å². The highest BCUT2D eigenvalue weighted by atomic mass is 16.7. The summed E-state index contributed by atoms with van der Waals surface area (Å²) in [4.78, 5) is 18.9. The highest BCUT2D eigenvalue weighted by Gasteiger charge is 2.44. The van der Waals surface area contributed by atoms with Gasteiger partial charge in [0.05, 0.1) is 18.1 Å². The van der Waals surface area contributed by atoms with Crippen molar-refractivity contribution in [2.45, 2.75) is 116 Å². The van der Waals surface area contributed by atoms with Gasteiger partial charge in [-0.2, -0.15) is 5.06 Å². The highest BCUT2D eigenvalue weighted by Crippen LogP contribution is 2.39. The van der Waals surface area contributed by atoms with E-state index in [1.54, 1.807) is 0 Å². The Morgan fingerprint density at radius 2 is 1.71 bits per heavy atom. The average molecular weight is 396 g/mol. The molecule has 1 saturated carbocycles. The molecule has 2 rings (SSSR count). The molecule has 28 heavy (non-hydrogen) atoms. The van der Waals surface area contributed by atoms with E-state index in [0.717, 1.165) is 19.3 Å². The minimum Gasteiger partial charge on any atom is -0.460 e. The number of esters is 1. The lowest BCUT2D eigenvalue weighted by molar-refractivity contribution is -0.293. The normalized spacial score (nSPS) is 31.8. The molecular formula is C23H41NO4.